The summed E-state index contributed by atoms with van der Waals surface area (Å²) in [5.41, 5.74) is 5.08. The summed E-state index contributed by atoms with van der Waals surface area (Å²) < 4.78 is 0. The van der Waals surface area contributed by atoms with Gasteiger partial charge < -0.3 is 0 Å². The van der Waals surface area contributed by atoms with Gasteiger partial charge in [0.15, 0.2) is 0 Å². The van der Waals surface area contributed by atoms with Crippen molar-refractivity contribution in [2.24, 2.45) is 0 Å². The first kappa shape index (κ1) is 29.1. The number of rotatable bonds is 10. The lowest BCUT2D eigenvalue weighted by atomic mass is 10.6. The number of hydrogen-bond acceptors (Lipinski definition) is 0. The predicted octanol–water partition coefficient (Wildman–Crippen LogP) is 9.79. The molecule has 1 aliphatic heterocycles. The van der Waals surface area contributed by atoms with E-state index in [4.69, 9.17) is 0 Å². The fourth-order valence-electron chi connectivity index (χ4n) is 12.3. The molecule has 5 heteroatoms. The minimum absolute atomic E-state index is 1.02. The van der Waals surface area contributed by atoms with Crippen LogP contribution in [-0.2, 0) is 0 Å². The summed E-state index contributed by atoms with van der Waals surface area (Å²) >= 11 is 0. The van der Waals surface area contributed by atoms with Crippen LogP contribution in [0.1, 0.15) is 104 Å². The van der Waals surface area contributed by atoms with Crippen molar-refractivity contribution in [3.05, 3.63) is 0 Å². The average molecular weight is 501 g/mol. The van der Waals surface area contributed by atoms with Gasteiger partial charge >= 0.3 is 0 Å². The van der Waals surface area contributed by atoms with Gasteiger partial charge in [-0.2, -0.15) is 0 Å². The topological polar surface area (TPSA) is 0 Å². The fraction of sp³-hybridized carbons (Fsp3) is 1.00. The van der Waals surface area contributed by atoms with Crippen molar-refractivity contribution in [3.63, 3.8) is 0 Å². The second-order valence-corrected chi connectivity index (χ2v) is 65.7. The summed E-state index contributed by atoms with van der Waals surface area (Å²) in [6.07, 6.45) is 0. The van der Waals surface area contributed by atoms with Crippen LogP contribution in [-0.4, -0.2) is 35.5 Å². The lowest BCUT2D eigenvalue weighted by Crippen LogP contribution is -2.80. The molecular formula is C25H60Si5. The summed E-state index contributed by atoms with van der Waals surface area (Å²) in [5, 5.41) is 0. The molecule has 0 aromatic rings. The average Bonchev–Trinajstić information content (AvgIpc) is 2.86. The Bertz CT molecular complexity index is 438. The maximum absolute atomic E-state index is 2.77. The summed E-state index contributed by atoms with van der Waals surface area (Å²) in [5.74, 6) is 0. The van der Waals surface area contributed by atoms with Crippen LogP contribution in [0.3, 0.4) is 0 Å². The Kier molecular flexibility index (Phi) is 9.46. The first-order chi connectivity index (χ1) is 13.8. The van der Waals surface area contributed by atoms with E-state index in [9.17, 15) is 0 Å². The molecular weight excluding hydrogens is 441 g/mol. The van der Waals surface area contributed by atoms with Crippen molar-refractivity contribution >= 4 is 35.5 Å². The highest BCUT2D eigenvalue weighted by atomic mass is 30.2. The van der Waals surface area contributed by atoms with Crippen LogP contribution in [0.4, 0.5) is 0 Å². The van der Waals surface area contributed by atoms with Crippen molar-refractivity contribution in [3.8, 4) is 0 Å². The van der Waals surface area contributed by atoms with Gasteiger partial charge in [0.05, 0.1) is 0 Å². The van der Waals surface area contributed by atoms with Gasteiger partial charge in [0.25, 0.3) is 0 Å². The third-order valence-electron chi connectivity index (χ3n) is 11.7. The highest BCUT2D eigenvalue weighted by molar-refractivity contribution is 8.15. The maximum Gasteiger partial charge on any atom is 0.0404 e. The van der Waals surface area contributed by atoms with Gasteiger partial charge in [0.1, 0.15) is 0 Å². The Hall–Kier alpha value is 1.08. The van der Waals surface area contributed by atoms with Crippen LogP contribution < -0.4 is 0 Å². The van der Waals surface area contributed by atoms with Crippen LogP contribution in [0, 0.1) is 0 Å². The second-order valence-electron chi connectivity index (χ2n) is 12.4. The molecule has 0 aliphatic carbocycles. The molecule has 0 spiro atoms. The van der Waals surface area contributed by atoms with Crippen molar-refractivity contribution in [2.45, 2.75) is 162 Å². The molecule has 1 aliphatic rings. The summed E-state index contributed by atoms with van der Waals surface area (Å²) in [7, 11) is -7.03. The Morgan fingerprint density at radius 1 is 0.300 bits per heavy atom. The zero-order chi connectivity index (χ0) is 23.9. The lowest BCUT2D eigenvalue weighted by molar-refractivity contribution is 0.958. The van der Waals surface area contributed by atoms with E-state index in [1.807, 2.05) is 0 Å². The lowest BCUT2D eigenvalue weighted by Gasteiger charge is -2.61. The van der Waals surface area contributed by atoms with Crippen LogP contribution in [0.2, 0.25) is 57.9 Å². The SMILES string of the molecule is CC[Si]1(C(C)C)[Si](CC)(C(C)C)[Si](CC)(C(C)C)[Si](CC)(C(C)C)[Si]1(CC)C(C)C. The second kappa shape index (κ2) is 9.75. The van der Waals surface area contributed by atoms with E-state index in [2.05, 4.69) is 104 Å². The molecule has 1 saturated heterocycles. The summed E-state index contributed by atoms with van der Waals surface area (Å²) in [4.78, 5) is 0. The summed E-state index contributed by atoms with van der Waals surface area (Å²) in [6.45, 7) is 41.4. The molecule has 30 heavy (non-hydrogen) atoms. The molecule has 0 N–H and O–H groups in total. The minimum Gasteiger partial charge on any atom is -0.0682 e. The molecule has 0 nitrogen and oxygen atoms in total. The Balaban J connectivity index is 4.68. The minimum atomic E-state index is -1.41. The Labute approximate surface area is 196 Å². The molecule has 0 saturated carbocycles. The van der Waals surface area contributed by atoms with Gasteiger partial charge in [-0.1, -0.05) is 162 Å². The van der Waals surface area contributed by atoms with Gasteiger partial charge in [-0.15, -0.1) is 0 Å². The van der Waals surface area contributed by atoms with Crippen molar-refractivity contribution in [2.75, 3.05) is 0 Å². The highest BCUT2D eigenvalue weighted by Gasteiger charge is 2.89. The fourth-order valence-corrected chi connectivity index (χ4v) is 254. The first-order valence-electron chi connectivity index (χ1n) is 13.8. The van der Waals surface area contributed by atoms with Crippen LogP contribution in [0.5, 0.6) is 0 Å². The van der Waals surface area contributed by atoms with Gasteiger partial charge in [-0.3, -0.25) is 0 Å². The van der Waals surface area contributed by atoms with Crippen molar-refractivity contribution in [1.29, 1.82) is 0 Å². The maximum atomic E-state index is 2.77. The number of hydrogen-bond donors (Lipinski definition) is 0. The largest absolute Gasteiger partial charge is 0.0682 e. The molecule has 1 heterocycles. The zero-order valence-electron chi connectivity index (χ0n) is 23.9. The molecule has 0 atom stereocenters. The normalized spacial score (nSPS) is 40.0. The smallest absolute Gasteiger partial charge is 0.0404 e. The van der Waals surface area contributed by atoms with Crippen LogP contribution >= 0.6 is 0 Å². The third-order valence-corrected chi connectivity index (χ3v) is 138. The molecule has 0 amide bonds. The third kappa shape index (κ3) is 2.77. The molecule has 180 valence electrons. The molecule has 1 rings (SSSR count). The first-order valence-corrected chi connectivity index (χ1v) is 30.2. The Morgan fingerprint density at radius 2 is 0.400 bits per heavy atom. The summed E-state index contributed by atoms with van der Waals surface area (Å²) in [6, 6.07) is 8.21. The predicted molar refractivity (Wildman–Crippen MR) is 157 cm³/mol. The van der Waals surface area contributed by atoms with E-state index < -0.39 is 35.5 Å². The highest BCUT2D eigenvalue weighted by Crippen LogP contribution is 2.71. The van der Waals surface area contributed by atoms with E-state index in [0.717, 1.165) is 27.7 Å². The molecule has 1 fully saturated rings. The van der Waals surface area contributed by atoms with E-state index in [1.165, 1.54) is 0 Å². The van der Waals surface area contributed by atoms with E-state index in [-0.39, 0.29) is 0 Å². The molecule has 0 aromatic carbocycles. The van der Waals surface area contributed by atoms with Gasteiger partial charge in [-0.25, -0.2) is 0 Å². The van der Waals surface area contributed by atoms with E-state index in [1.54, 1.807) is 30.2 Å². The van der Waals surface area contributed by atoms with Crippen molar-refractivity contribution in [1.82, 2.24) is 0 Å². The molecule has 0 bridgehead atoms. The molecule has 0 unspecified atom stereocenters. The van der Waals surface area contributed by atoms with Gasteiger partial charge in [0, 0.05) is 35.5 Å². The van der Waals surface area contributed by atoms with E-state index in [0.29, 0.717) is 0 Å². The quantitative estimate of drug-likeness (QED) is 0.262. The standard InChI is InChI=1S/C25H60Si5/c1-16-26(21(6)7)27(17-2,22(8)9)29(19-4,24(12)13)30(20-5,25(14)15)28(26,18-3)23(10)11/h21-25H,16-20H2,1-15H3. The zero-order valence-corrected chi connectivity index (χ0v) is 28.9. The van der Waals surface area contributed by atoms with Crippen LogP contribution in [0.15, 0.2) is 0 Å². The molecule has 0 aromatic heterocycles. The van der Waals surface area contributed by atoms with Crippen LogP contribution in [0.25, 0.3) is 0 Å². The van der Waals surface area contributed by atoms with Crippen molar-refractivity contribution < 1.29 is 0 Å². The monoisotopic (exact) mass is 500 g/mol. The van der Waals surface area contributed by atoms with Gasteiger partial charge in [0.2, 0.25) is 0 Å². The Morgan fingerprint density at radius 3 is 0.433 bits per heavy atom. The van der Waals surface area contributed by atoms with E-state index >= 15 is 0 Å². The van der Waals surface area contributed by atoms with Gasteiger partial charge in [-0.05, 0) is 0 Å². The molecule has 0 radical (unpaired) electrons.